The first kappa shape index (κ1) is 13.3. The zero-order chi connectivity index (χ0) is 14.8. The van der Waals surface area contributed by atoms with Crippen molar-refractivity contribution >= 4 is 16.8 Å². The van der Waals surface area contributed by atoms with Gasteiger partial charge in [-0.1, -0.05) is 6.07 Å². The molecule has 0 spiro atoms. The van der Waals surface area contributed by atoms with Crippen LogP contribution in [0.1, 0.15) is 5.56 Å². The molecule has 0 amide bonds. The number of oxazole rings is 1. The van der Waals surface area contributed by atoms with E-state index in [1.165, 1.54) is 0 Å². The molecule has 1 heterocycles. The number of rotatable bonds is 4. The molecule has 0 aliphatic carbocycles. The Morgan fingerprint density at radius 2 is 1.95 bits per heavy atom. The summed E-state index contributed by atoms with van der Waals surface area (Å²) in [6.45, 7) is 2.77. The van der Waals surface area contributed by atoms with E-state index in [1.54, 1.807) is 28.8 Å². The minimum Gasteiger partial charge on any atom is -0.492 e. The molecule has 2 aromatic carbocycles. The number of benzene rings is 2. The number of nitrogens with two attached hydrogens (primary N) is 1. The van der Waals surface area contributed by atoms with Crippen LogP contribution in [-0.2, 0) is 6.54 Å². The number of aromatic nitrogens is 1. The van der Waals surface area contributed by atoms with Crippen molar-refractivity contribution < 1.29 is 9.15 Å². The van der Waals surface area contributed by atoms with Gasteiger partial charge in [0.1, 0.15) is 12.4 Å². The highest BCUT2D eigenvalue weighted by Gasteiger charge is 2.09. The SMILES string of the molecule is Cc1ccc2c(c1)oc(=O)n2CCOc1ccc(N)cc1. The third-order valence-corrected chi connectivity index (χ3v) is 3.29. The number of nitrogens with zero attached hydrogens (tertiary/aromatic N) is 1. The van der Waals surface area contributed by atoms with E-state index in [0.717, 1.165) is 16.8 Å². The average Bonchev–Trinajstić information content (AvgIpc) is 2.76. The van der Waals surface area contributed by atoms with E-state index in [0.29, 0.717) is 24.4 Å². The molecule has 0 radical (unpaired) electrons. The number of nitrogen functional groups attached to an aromatic ring is 1. The largest absolute Gasteiger partial charge is 0.492 e. The second-order valence-corrected chi connectivity index (χ2v) is 4.91. The molecular formula is C16H16N2O3. The van der Waals surface area contributed by atoms with Crippen molar-refractivity contribution in [1.82, 2.24) is 4.57 Å². The Labute approximate surface area is 121 Å². The first-order chi connectivity index (χ1) is 10.1. The third kappa shape index (κ3) is 2.76. The Morgan fingerprint density at radius 1 is 1.19 bits per heavy atom. The first-order valence-electron chi connectivity index (χ1n) is 6.72. The lowest BCUT2D eigenvalue weighted by atomic mass is 10.2. The van der Waals surface area contributed by atoms with Gasteiger partial charge in [0.25, 0.3) is 0 Å². The van der Waals surface area contributed by atoms with Crippen LogP contribution in [0.3, 0.4) is 0 Å². The monoisotopic (exact) mass is 284 g/mol. The van der Waals surface area contributed by atoms with Crippen LogP contribution in [0.5, 0.6) is 5.75 Å². The molecule has 5 nitrogen and oxygen atoms in total. The van der Waals surface area contributed by atoms with Crippen molar-refractivity contribution in [3.63, 3.8) is 0 Å². The van der Waals surface area contributed by atoms with Gasteiger partial charge in [0.05, 0.1) is 12.1 Å². The second kappa shape index (κ2) is 5.36. The number of hydrogen-bond acceptors (Lipinski definition) is 4. The quantitative estimate of drug-likeness (QED) is 0.747. The summed E-state index contributed by atoms with van der Waals surface area (Å²) in [5.41, 5.74) is 8.75. The highest BCUT2D eigenvalue weighted by molar-refractivity contribution is 5.73. The Balaban J connectivity index is 1.75. The van der Waals surface area contributed by atoms with Crippen molar-refractivity contribution in [2.24, 2.45) is 0 Å². The van der Waals surface area contributed by atoms with Crippen LogP contribution < -0.4 is 16.2 Å². The molecule has 0 fully saturated rings. The highest BCUT2D eigenvalue weighted by atomic mass is 16.5. The summed E-state index contributed by atoms with van der Waals surface area (Å²) in [4.78, 5) is 11.9. The fourth-order valence-corrected chi connectivity index (χ4v) is 2.20. The Bertz CT molecular complexity index is 816. The van der Waals surface area contributed by atoms with Crippen molar-refractivity contribution in [2.45, 2.75) is 13.5 Å². The molecular weight excluding hydrogens is 268 g/mol. The van der Waals surface area contributed by atoms with Crippen LogP contribution in [-0.4, -0.2) is 11.2 Å². The minimum atomic E-state index is -0.364. The fourth-order valence-electron chi connectivity index (χ4n) is 2.20. The van der Waals surface area contributed by atoms with Crippen molar-refractivity contribution in [3.05, 3.63) is 58.6 Å². The molecule has 0 unspecified atom stereocenters. The zero-order valence-electron chi connectivity index (χ0n) is 11.7. The fraction of sp³-hybridized carbons (Fsp3) is 0.188. The van der Waals surface area contributed by atoms with Crippen LogP contribution in [0, 0.1) is 6.92 Å². The summed E-state index contributed by atoms with van der Waals surface area (Å²) < 4.78 is 12.4. The normalized spacial score (nSPS) is 10.9. The average molecular weight is 284 g/mol. The molecule has 3 rings (SSSR count). The molecule has 108 valence electrons. The van der Waals surface area contributed by atoms with E-state index in [1.807, 2.05) is 25.1 Å². The molecule has 3 aromatic rings. The molecule has 0 aliphatic rings. The smallest absolute Gasteiger partial charge is 0.420 e. The first-order valence-corrected chi connectivity index (χ1v) is 6.72. The maximum atomic E-state index is 11.9. The van der Waals surface area contributed by atoms with E-state index in [2.05, 4.69) is 0 Å². The number of anilines is 1. The molecule has 1 aromatic heterocycles. The van der Waals surface area contributed by atoms with Gasteiger partial charge < -0.3 is 14.9 Å². The molecule has 0 saturated heterocycles. The van der Waals surface area contributed by atoms with Gasteiger partial charge in [-0.05, 0) is 48.9 Å². The van der Waals surface area contributed by atoms with Gasteiger partial charge in [0.15, 0.2) is 5.58 Å². The lowest BCUT2D eigenvalue weighted by Gasteiger charge is -2.06. The predicted octanol–water partition coefficient (Wildman–Crippen LogP) is 2.56. The van der Waals surface area contributed by atoms with Crippen molar-refractivity contribution in [1.29, 1.82) is 0 Å². The lowest BCUT2D eigenvalue weighted by molar-refractivity contribution is 0.294. The lowest BCUT2D eigenvalue weighted by Crippen LogP contribution is -2.18. The molecule has 5 heteroatoms. The summed E-state index contributed by atoms with van der Waals surface area (Å²) in [5, 5.41) is 0. The number of aryl methyl sites for hydroxylation is 1. The molecule has 0 bridgehead atoms. The molecule has 2 N–H and O–H groups in total. The summed E-state index contributed by atoms with van der Waals surface area (Å²) in [7, 11) is 0. The van der Waals surface area contributed by atoms with E-state index in [9.17, 15) is 4.79 Å². The topological polar surface area (TPSA) is 70.4 Å². The number of hydrogen-bond donors (Lipinski definition) is 1. The minimum absolute atomic E-state index is 0.364. The number of fused-ring (bicyclic) bond motifs is 1. The summed E-state index contributed by atoms with van der Waals surface area (Å²) >= 11 is 0. The molecule has 21 heavy (non-hydrogen) atoms. The van der Waals surface area contributed by atoms with Gasteiger partial charge in [-0.3, -0.25) is 4.57 Å². The van der Waals surface area contributed by atoms with Gasteiger partial charge in [0, 0.05) is 5.69 Å². The summed E-state index contributed by atoms with van der Waals surface area (Å²) in [6.07, 6.45) is 0. The number of ether oxygens (including phenoxy) is 1. The van der Waals surface area contributed by atoms with Crippen LogP contribution in [0.4, 0.5) is 5.69 Å². The standard InChI is InChI=1S/C16H16N2O3/c1-11-2-7-14-15(10-11)21-16(19)18(14)8-9-20-13-5-3-12(17)4-6-13/h2-7,10H,8-9,17H2,1H3. The Hall–Kier alpha value is -2.69. The van der Waals surface area contributed by atoms with Crippen LogP contribution in [0.15, 0.2) is 51.7 Å². The van der Waals surface area contributed by atoms with Crippen LogP contribution in [0.25, 0.3) is 11.1 Å². The van der Waals surface area contributed by atoms with Gasteiger partial charge in [0.2, 0.25) is 0 Å². The maximum Gasteiger partial charge on any atom is 0.420 e. The molecule has 0 saturated carbocycles. The van der Waals surface area contributed by atoms with Crippen LogP contribution in [0.2, 0.25) is 0 Å². The third-order valence-electron chi connectivity index (χ3n) is 3.29. The maximum absolute atomic E-state index is 11.9. The van der Waals surface area contributed by atoms with E-state index in [4.69, 9.17) is 14.9 Å². The van der Waals surface area contributed by atoms with Gasteiger partial charge in [-0.2, -0.15) is 0 Å². The zero-order valence-corrected chi connectivity index (χ0v) is 11.7. The van der Waals surface area contributed by atoms with E-state index in [-0.39, 0.29) is 5.76 Å². The van der Waals surface area contributed by atoms with E-state index < -0.39 is 0 Å². The van der Waals surface area contributed by atoms with E-state index >= 15 is 0 Å². The van der Waals surface area contributed by atoms with Gasteiger partial charge in [-0.25, -0.2) is 4.79 Å². The summed E-state index contributed by atoms with van der Waals surface area (Å²) in [5.74, 6) is 0.359. The molecule has 0 atom stereocenters. The molecule has 0 aliphatic heterocycles. The van der Waals surface area contributed by atoms with Gasteiger partial charge >= 0.3 is 5.76 Å². The second-order valence-electron chi connectivity index (χ2n) is 4.91. The summed E-state index contributed by atoms with van der Waals surface area (Å²) in [6, 6.07) is 12.8. The highest BCUT2D eigenvalue weighted by Crippen LogP contribution is 2.16. The van der Waals surface area contributed by atoms with Crippen molar-refractivity contribution in [3.8, 4) is 5.75 Å². The van der Waals surface area contributed by atoms with Crippen LogP contribution >= 0.6 is 0 Å². The van der Waals surface area contributed by atoms with Gasteiger partial charge in [-0.15, -0.1) is 0 Å². The van der Waals surface area contributed by atoms with Crippen molar-refractivity contribution in [2.75, 3.05) is 12.3 Å². The Morgan fingerprint density at radius 3 is 2.71 bits per heavy atom. The predicted molar refractivity (Wildman–Crippen MR) is 81.6 cm³/mol. The Kier molecular flexibility index (Phi) is 3.39.